The van der Waals surface area contributed by atoms with E-state index in [0.717, 1.165) is 70.1 Å². The summed E-state index contributed by atoms with van der Waals surface area (Å²) in [6.07, 6.45) is 8.18. The summed E-state index contributed by atoms with van der Waals surface area (Å²) in [5.74, 6) is -0.109. The maximum Gasteiger partial charge on any atom is 0.332 e. The van der Waals surface area contributed by atoms with Gasteiger partial charge in [0.15, 0.2) is 0 Å². The molecule has 0 unspecified atom stereocenters. The van der Waals surface area contributed by atoms with Crippen LogP contribution >= 0.6 is 0 Å². The van der Waals surface area contributed by atoms with Gasteiger partial charge < -0.3 is 10.6 Å². The third kappa shape index (κ3) is 3.94. The number of aryl methyl sites for hydroxylation is 2. The van der Waals surface area contributed by atoms with Crippen LogP contribution in [0, 0.1) is 0 Å². The van der Waals surface area contributed by atoms with Crippen LogP contribution < -0.4 is 15.4 Å². The quantitative estimate of drug-likeness (QED) is 0.643. The Morgan fingerprint density at radius 1 is 1.09 bits per heavy atom. The molecule has 7 nitrogen and oxygen atoms in total. The lowest BCUT2D eigenvalue weighted by Crippen LogP contribution is -2.72. The second kappa shape index (κ2) is 7.71. The molecular formula is C24H36N4O3S. The molecule has 3 N–H and O–H groups in total. The van der Waals surface area contributed by atoms with Crippen molar-refractivity contribution in [3.8, 4) is 0 Å². The van der Waals surface area contributed by atoms with E-state index in [-0.39, 0.29) is 22.9 Å². The second-order valence-corrected chi connectivity index (χ2v) is 12.8. The third-order valence-corrected chi connectivity index (χ3v) is 9.35. The van der Waals surface area contributed by atoms with Crippen molar-refractivity contribution in [1.29, 1.82) is 0 Å². The molecule has 2 fully saturated rings. The van der Waals surface area contributed by atoms with Gasteiger partial charge in [0.05, 0.1) is 5.75 Å². The predicted molar refractivity (Wildman–Crippen MR) is 127 cm³/mol. The normalized spacial score (nSPS) is 28.8. The molecule has 2 saturated heterocycles. The topological polar surface area (TPSA) is 90.5 Å². The molecule has 2 aliphatic heterocycles. The summed E-state index contributed by atoms with van der Waals surface area (Å²) >= 11 is 0. The van der Waals surface area contributed by atoms with Gasteiger partial charge in [-0.2, -0.15) is 0 Å². The number of sulfonamides is 1. The number of nitrogens with one attached hydrogen (secondary N) is 3. The molecule has 0 spiro atoms. The summed E-state index contributed by atoms with van der Waals surface area (Å²) in [5, 5.41) is 6.51. The van der Waals surface area contributed by atoms with E-state index >= 15 is 0 Å². The number of nitrogens with zero attached hydrogens (tertiary/aromatic N) is 1. The molecule has 0 saturated carbocycles. The van der Waals surface area contributed by atoms with Crippen molar-refractivity contribution >= 4 is 21.7 Å². The Morgan fingerprint density at radius 2 is 1.75 bits per heavy atom. The minimum absolute atomic E-state index is 0.109. The highest BCUT2D eigenvalue weighted by Gasteiger charge is 2.51. The third-order valence-electron chi connectivity index (χ3n) is 8.08. The second-order valence-electron chi connectivity index (χ2n) is 11.0. The Hall–Kier alpha value is -1.64. The van der Waals surface area contributed by atoms with Gasteiger partial charge in [-0.3, -0.25) is 4.90 Å². The largest absolute Gasteiger partial charge is 0.332 e. The van der Waals surface area contributed by atoms with Gasteiger partial charge >= 0.3 is 6.03 Å². The SMILES string of the molecule is CC1(C)CN2CCC[C@]2(C)[C@@H](CS(=O)(=O)NC(=O)Nc2c3c(cc4c2CCC4)CCC3)N1. The van der Waals surface area contributed by atoms with Gasteiger partial charge in [0, 0.05) is 29.4 Å². The number of urea groups is 1. The molecular weight excluding hydrogens is 424 g/mol. The summed E-state index contributed by atoms with van der Waals surface area (Å²) < 4.78 is 28.5. The molecule has 2 aliphatic carbocycles. The zero-order valence-electron chi connectivity index (χ0n) is 19.5. The fourth-order valence-corrected chi connectivity index (χ4v) is 7.87. The van der Waals surface area contributed by atoms with Crippen molar-refractivity contribution in [3.63, 3.8) is 0 Å². The lowest BCUT2D eigenvalue weighted by Gasteiger charge is -2.52. The molecule has 1 aromatic rings. The van der Waals surface area contributed by atoms with Crippen LogP contribution in [0.4, 0.5) is 10.5 Å². The van der Waals surface area contributed by atoms with Crippen molar-refractivity contribution in [2.45, 2.75) is 89.3 Å². The fraction of sp³-hybridized carbons (Fsp3) is 0.708. The van der Waals surface area contributed by atoms with E-state index in [1.807, 2.05) is 0 Å². The van der Waals surface area contributed by atoms with Gasteiger partial charge in [-0.15, -0.1) is 0 Å². The van der Waals surface area contributed by atoms with Gasteiger partial charge in [-0.1, -0.05) is 6.07 Å². The number of anilines is 1. The Balaban J connectivity index is 1.32. The monoisotopic (exact) mass is 460 g/mol. The average molecular weight is 461 g/mol. The van der Waals surface area contributed by atoms with Gasteiger partial charge in [0.2, 0.25) is 10.0 Å². The van der Waals surface area contributed by atoms with E-state index in [4.69, 9.17) is 0 Å². The Kier molecular flexibility index (Phi) is 5.34. The summed E-state index contributed by atoms with van der Waals surface area (Å²) in [5.41, 5.74) is 5.51. The molecule has 8 heteroatoms. The Morgan fingerprint density at radius 3 is 2.41 bits per heavy atom. The van der Waals surface area contributed by atoms with Crippen LogP contribution in [0.2, 0.25) is 0 Å². The Labute approximate surface area is 191 Å². The molecule has 1 aromatic carbocycles. The number of rotatable bonds is 4. The van der Waals surface area contributed by atoms with Crippen molar-refractivity contribution in [3.05, 3.63) is 28.3 Å². The maximum atomic E-state index is 13.1. The lowest BCUT2D eigenvalue weighted by molar-refractivity contribution is 0.0281. The number of amides is 2. The van der Waals surface area contributed by atoms with Crippen LogP contribution in [0.25, 0.3) is 0 Å². The summed E-state index contributed by atoms with van der Waals surface area (Å²) in [7, 11) is -3.81. The molecule has 4 aliphatic rings. The van der Waals surface area contributed by atoms with Crippen LogP contribution in [0.1, 0.15) is 68.7 Å². The molecule has 5 rings (SSSR count). The summed E-state index contributed by atoms with van der Waals surface area (Å²) in [6.45, 7) is 8.27. The lowest BCUT2D eigenvalue weighted by atomic mass is 9.84. The first-order valence-electron chi connectivity index (χ1n) is 12.1. The first-order chi connectivity index (χ1) is 15.1. The van der Waals surface area contributed by atoms with E-state index in [0.29, 0.717) is 0 Å². The molecule has 32 heavy (non-hydrogen) atoms. The minimum Gasteiger partial charge on any atom is -0.307 e. The van der Waals surface area contributed by atoms with E-state index in [1.54, 1.807) is 0 Å². The zero-order chi connectivity index (χ0) is 22.7. The van der Waals surface area contributed by atoms with Crippen LogP contribution in [-0.2, 0) is 35.7 Å². The average Bonchev–Trinajstić information content (AvgIpc) is 3.40. The van der Waals surface area contributed by atoms with Gasteiger partial charge in [-0.05, 0) is 101 Å². The number of carbonyl (C=O) groups excluding carboxylic acids is 1. The molecule has 2 amide bonds. The van der Waals surface area contributed by atoms with Crippen LogP contribution in [-0.4, -0.2) is 55.3 Å². The van der Waals surface area contributed by atoms with E-state index in [1.165, 1.54) is 22.3 Å². The summed E-state index contributed by atoms with van der Waals surface area (Å²) in [4.78, 5) is 15.3. The van der Waals surface area contributed by atoms with E-state index in [9.17, 15) is 13.2 Å². The van der Waals surface area contributed by atoms with Crippen molar-refractivity contribution in [1.82, 2.24) is 14.9 Å². The number of piperazine rings is 1. The highest BCUT2D eigenvalue weighted by molar-refractivity contribution is 7.90. The van der Waals surface area contributed by atoms with Crippen molar-refractivity contribution < 1.29 is 13.2 Å². The first-order valence-corrected chi connectivity index (χ1v) is 13.7. The van der Waals surface area contributed by atoms with E-state index in [2.05, 4.69) is 47.1 Å². The van der Waals surface area contributed by atoms with Gasteiger partial charge in [0.25, 0.3) is 0 Å². The molecule has 2 atom stereocenters. The zero-order valence-corrected chi connectivity index (χ0v) is 20.3. The van der Waals surface area contributed by atoms with Crippen LogP contribution in [0.3, 0.4) is 0 Å². The molecule has 0 radical (unpaired) electrons. The van der Waals surface area contributed by atoms with Crippen LogP contribution in [0.15, 0.2) is 6.07 Å². The molecule has 2 heterocycles. The summed E-state index contributed by atoms with van der Waals surface area (Å²) in [6, 6.07) is 1.43. The number of carbonyl (C=O) groups is 1. The predicted octanol–water partition coefficient (Wildman–Crippen LogP) is 2.72. The molecule has 176 valence electrons. The van der Waals surface area contributed by atoms with Crippen LogP contribution in [0.5, 0.6) is 0 Å². The fourth-order valence-electron chi connectivity index (χ4n) is 6.58. The Bertz CT molecular complexity index is 1020. The molecule has 0 bridgehead atoms. The number of benzene rings is 1. The highest BCUT2D eigenvalue weighted by Crippen LogP contribution is 2.39. The standard InChI is InChI=1S/C24H36N4O3S/c1-23(2)15-28-12-6-11-24(28,3)20(26-23)14-32(30,31)27-22(29)25-21-18-9-4-7-16(18)13-17-8-5-10-19(17)21/h13,20,26H,4-12,14-15H2,1-3H3,(H2,25,27,29)/t20-,24-/m1/s1. The number of fused-ring (bicyclic) bond motifs is 3. The van der Waals surface area contributed by atoms with Gasteiger partial charge in [-0.25, -0.2) is 17.9 Å². The number of hydrogen-bond acceptors (Lipinski definition) is 5. The smallest absolute Gasteiger partial charge is 0.307 e. The minimum atomic E-state index is -3.81. The first kappa shape index (κ1) is 22.2. The molecule has 0 aromatic heterocycles. The van der Waals surface area contributed by atoms with Gasteiger partial charge in [0.1, 0.15) is 0 Å². The van der Waals surface area contributed by atoms with Crippen molar-refractivity contribution in [2.24, 2.45) is 0 Å². The number of hydrogen-bond donors (Lipinski definition) is 3. The van der Waals surface area contributed by atoms with E-state index < -0.39 is 16.1 Å². The maximum absolute atomic E-state index is 13.1. The van der Waals surface area contributed by atoms with Crippen molar-refractivity contribution in [2.75, 3.05) is 24.2 Å². The highest BCUT2D eigenvalue weighted by atomic mass is 32.2.